The van der Waals surface area contributed by atoms with Gasteiger partial charge in [-0.15, -0.1) is 11.3 Å². The van der Waals surface area contributed by atoms with E-state index in [0.717, 1.165) is 21.9 Å². The number of rotatable bonds is 3. The number of thiophene rings is 1. The van der Waals surface area contributed by atoms with Crippen molar-refractivity contribution in [3.63, 3.8) is 0 Å². The zero-order valence-electron chi connectivity index (χ0n) is 11.9. The lowest BCUT2D eigenvalue weighted by molar-refractivity contribution is 0.0789. The summed E-state index contributed by atoms with van der Waals surface area (Å²) < 4.78 is 10.6. The molecule has 0 saturated heterocycles. The molecule has 1 aromatic heterocycles. The third kappa shape index (κ3) is 2.67. The second-order valence-electron chi connectivity index (χ2n) is 4.97. The van der Waals surface area contributed by atoms with Crippen molar-refractivity contribution in [1.29, 1.82) is 0 Å². The monoisotopic (exact) mass is 304 g/mol. The van der Waals surface area contributed by atoms with Crippen molar-refractivity contribution in [2.24, 2.45) is 0 Å². The molecule has 21 heavy (non-hydrogen) atoms. The molecule has 0 atom stereocenters. The Morgan fingerprint density at radius 3 is 2.81 bits per heavy atom. The predicted molar refractivity (Wildman–Crippen MR) is 81.8 cm³/mol. The third-order valence-corrected chi connectivity index (χ3v) is 4.42. The zero-order valence-corrected chi connectivity index (χ0v) is 12.7. The molecule has 3 rings (SSSR count). The van der Waals surface area contributed by atoms with E-state index in [1.54, 1.807) is 18.0 Å². The van der Waals surface area contributed by atoms with Gasteiger partial charge in [-0.25, -0.2) is 0 Å². The summed E-state index contributed by atoms with van der Waals surface area (Å²) in [6.45, 7) is 2.67. The molecule has 0 saturated carbocycles. The standard InChI is InChI=1S/C15H16N2O3S/c1-9-11(16)6-14(21-9)15(18)17(2)7-10-3-4-12-13(5-10)20-8-19-12/h3-6H,7-8,16H2,1-2H3. The van der Waals surface area contributed by atoms with Crippen LogP contribution in [0.1, 0.15) is 20.1 Å². The SMILES string of the molecule is Cc1sc(C(=O)N(C)Cc2ccc3c(c2)OCO3)cc1N. The molecular formula is C15H16N2O3S. The van der Waals surface area contributed by atoms with E-state index < -0.39 is 0 Å². The average Bonchev–Trinajstić information content (AvgIpc) is 3.04. The van der Waals surface area contributed by atoms with E-state index >= 15 is 0 Å². The maximum Gasteiger partial charge on any atom is 0.264 e. The number of carbonyl (C=O) groups is 1. The first-order valence-electron chi connectivity index (χ1n) is 6.54. The molecule has 0 fully saturated rings. The highest BCUT2D eigenvalue weighted by Crippen LogP contribution is 2.33. The van der Waals surface area contributed by atoms with Gasteiger partial charge in [0.2, 0.25) is 6.79 Å². The molecule has 1 aromatic carbocycles. The Morgan fingerprint density at radius 2 is 2.10 bits per heavy atom. The van der Waals surface area contributed by atoms with Crippen LogP contribution in [0.25, 0.3) is 0 Å². The van der Waals surface area contributed by atoms with Gasteiger partial charge in [-0.2, -0.15) is 0 Å². The number of anilines is 1. The van der Waals surface area contributed by atoms with Crippen LogP contribution in [0.5, 0.6) is 11.5 Å². The van der Waals surface area contributed by atoms with Crippen LogP contribution in [-0.4, -0.2) is 24.6 Å². The second-order valence-corrected chi connectivity index (χ2v) is 6.23. The summed E-state index contributed by atoms with van der Waals surface area (Å²) in [6.07, 6.45) is 0. The minimum atomic E-state index is -0.0301. The number of benzene rings is 1. The van der Waals surface area contributed by atoms with Gasteiger partial charge in [-0.1, -0.05) is 6.07 Å². The first-order chi connectivity index (χ1) is 10.0. The first-order valence-corrected chi connectivity index (χ1v) is 7.36. The molecule has 0 aliphatic carbocycles. The molecule has 6 heteroatoms. The molecule has 0 unspecified atom stereocenters. The summed E-state index contributed by atoms with van der Waals surface area (Å²) in [5.74, 6) is 1.44. The lowest BCUT2D eigenvalue weighted by Crippen LogP contribution is -2.25. The molecule has 2 aromatic rings. The van der Waals surface area contributed by atoms with E-state index in [1.165, 1.54) is 11.3 Å². The lowest BCUT2D eigenvalue weighted by Gasteiger charge is -2.16. The van der Waals surface area contributed by atoms with Gasteiger partial charge in [0.15, 0.2) is 11.5 Å². The molecule has 0 bridgehead atoms. The van der Waals surface area contributed by atoms with Crippen LogP contribution < -0.4 is 15.2 Å². The smallest absolute Gasteiger partial charge is 0.264 e. The fourth-order valence-electron chi connectivity index (χ4n) is 2.17. The van der Waals surface area contributed by atoms with E-state index in [0.29, 0.717) is 17.1 Å². The van der Waals surface area contributed by atoms with Crippen LogP contribution in [0.4, 0.5) is 5.69 Å². The Bertz CT molecular complexity index is 677. The highest BCUT2D eigenvalue weighted by Gasteiger charge is 2.18. The predicted octanol–water partition coefficient (Wildman–Crippen LogP) is 2.64. The number of aryl methyl sites for hydroxylation is 1. The molecule has 2 heterocycles. The van der Waals surface area contributed by atoms with Crippen molar-refractivity contribution < 1.29 is 14.3 Å². The summed E-state index contributed by atoms with van der Waals surface area (Å²) in [5, 5.41) is 0. The number of hydrogen-bond acceptors (Lipinski definition) is 5. The lowest BCUT2D eigenvalue weighted by atomic mass is 10.2. The Labute approximate surface area is 126 Å². The van der Waals surface area contributed by atoms with Gasteiger partial charge in [0.1, 0.15) is 0 Å². The van der Waals surface area contributed by atoms with E-state index in [4.69, 9.17) is 15.2 Å². The van der Waals surface area contributed by atoms with Crippen LogP contribution in [0.15, 0.2) is 24.3 Å². The molecular weight excluding hydrogens is 288 g/mol. The zero-order chi connectivity index (χ0) is 15.0. The minimum Gasteiger partial charge on any atom is -0.454 e. The molecule has 1 amide bonds. The van der Waals surface area contributed by atoms with Crippen LogP contribution in [0.2, 0.25) is 0 Å². The fraction of sp³-hybridized carbons (Fsp3) is 0.267. The van der Waals surface area contributed by atoms with Gasteiger partial charge in [0, 0.05) is 24.2 Å². The fourth-order valence-corrected chi connectivity index (χ4v) is 3.11. The second kappa shape index (κ2) is 5.29. The normalized spacial score (nSPS) is 12.5. The number of amides is 1. The van der Waals surface area contributed by atoms with Gasteiger partial charge >= 0.3 is 0 Å². The number of hydrogen-bond donors (Lipinski definition) is 1. The summed E-state index contributed by atoms with van der Waals surface area (Å²) in [4.78, 5) is 15.7. The van der Waals surface area contributed by atoms with Crippen molar-refractivity contribution in [3.8, 4) is 11.5 Å². The van der Waals surface area contributed by atoms with Gasteiger partial charge < -0.3 is 20.1 Å². The summed E-state index contributed by atoms with van der Waals surface area (Å²) >= 11 is 1.42. The van der Waals surface area contributed by atoms with Gasteiger partial charge in [-0.3, -0.25) is 4.79 Å². The van der Waals surface area contributed by atoms with Crippen LogP contribution in [0.3, 0.4) is 0 Å². The number of nitrogens with zero attached hydrogens (tertiary/aromatic N) is 1. The minimum absolute atomic E-state index is 0.0301. The number of carbonyl (C=O) groups excluding carboxylic acids is 1. The molecule has 1 aliphatic rings. The number of nitrogens with two attached hydrogens (primary N) is 1. The highest BCUT2D eigenvalue weighted by atomic mass is 32.1. The van der Waals surface area contributed by atoms with Crippen molar-refractivity contribution >= 4 is 22.9 Å². The third-order valence-electron chi connectivity index (χ3n) is 3.37. The van der Waals surface area contributed by atoms with Crippen molar-refractivity contribution in [2.75, 3.05) is 19.6 Å². The molecule has 1 aliphatic heterocycles. The van der Waals surface area contributed by atoms with E-state index in [2.05, 4.69) is 0 Å². The quantitative estimate of drug-likeness (QED) is 0.946. The van der Waals surface area contributed by atoms with Crippen LogP contribution >= 0.6 is 11.3 Å². The van der Waals surface area contributed by atoms with E-state index in [1.807, 2.05) is 25.1 Å². The van der Waals surface area contributed by atoms with Crippen LogP contribution in [0, 0.1) is 6.92 Å². The molecule has 0 radical (unpaired) electrons. The van der Waals surface area contributed by atoms with Crippen molar-refractivity contribution in [2.45, 2.75) is 13.5 Å². The van der Waals surface area contributed by atoms with Crippen LogP contribution in [-0.2, 0) is 6.54 Å². The summed E-state index contributed by atoms with van der Waals surface area (Å²) in [7, 11) is 1.78. The summed E-state index contributed by atoms with van der Waals surface area (Å²) in [5.41, 5.74) is 7.47. The van der Waals surface area contributed by atoms with Gasteiger partial charge in [-0.05, 0) is 30.7 Å². The largest absolute Gasteiger partial charge is 0.454 e. The van der Waals surface area contributed by atoms with Gasteiger partial charge in [0.25, 0.3) is 5.91 Å². The van der Waals surface area contributed by atoms with E-state index in [9.17, 15) is 4.79 Å². The molecule has 5 nitrogen and oxygen atoms in total. The first kappa shape index (κ1) is 13.8. The Hall–Kier alpha value is -2.21. The number of fused-ring (bicyclic) bond motifs is 1. The molecule has 110 valence electrons. The Balaban J connectivity index is 1.73. The molecule has 2 N–H and O–H groups in total. The van der Waals surface area contributed by atoms with E-state index in [-0.39, 0.29) is 12.7 Å². The molecule has 0 spiro atoms. The maximum atomic E-state index is 12.4. The number of ether oxygens (including phenoxy) is 2. The summed E-state index contributed by atoms with van der Waals surface area (Å²) in [6, 6.07) is 7.44. The Kier molecular flexibility index (Phi) is 3.47. The van der Waals surface area contributed by atoms with Gasteiger partial charge in [0.05, 0.1) is 4.88 Å². The average molecular weight is 304 g/mol. The van der Waals surface area contributed by atoms with Crippen molar-refractivity contribution in [1.82, 2.24) is 4.90 Å². The maximum absolute atomic E-state index is 12.4. The topological polar surface area (TPSA) is 64.8 Å². The highest BCUT2D eigenvalue weighted by molar-refractivity contribution is 7.14. The number of nitrogen functional groups attached to an aromatic ring is 1. The van der Waals surface area contributed by atoms with Crippen molar-refractivity contribution in [3.05, 3.63) is 39.6 Å². The Morgan fingerprint density at radius 1 is 1.33 bits per heavy atom.